The number of aliphatic hydroxyl groups excluding tert-OH is 1. The first-order valence-corrected chi connectivity index (χ1v) is 7.25. The molecular weight excluding hydrogens is 248 g/mol. The zero-order valence-electron chi connectivity index (χ0n) is 12.6. The van der Waals surface area contributed by atoms with Crippen LogP contribution >= 0.6 is 0 Å². The minimum absolute atomic E-state index is 0.204. The van der Waals surface area contributed by atoms with Crippen molar-refractivity contribution >= 4 is 5.69 Å². The molecule has 3 heteroatoms. The van der Waals surface area contributed by atoms with Gasteiger partial charge in [-0.3, -0.25) is 0 Å². The highest BCUT2D eigenvalue weighted by atomic mass is 16.2. The summed E-state index contributed by atoms with van der Waals surface area (Å²) in [6.07, 6.45) is 0.720. The Morgan fingerprint density at radius 3 is 2.40 bits per heavy atom. The first-order valence-electron chi connectivity index (χ1n) is 7.25. The molecule has 0 bridgehead atoms. The molecule has 0 fully saturated rings. The van der Waals surface area contributed by atoms with E-state index in [0.717, 1.165) is 25.2 Å². The molecule has 108 valence electrons. The standard InChI is InChI=1S/C17H24N2O/c1-4-19-13(2)11-16(14(19)3)12-18-17-7-5-15(6-8-17)9-10-20/h5-8,11,18,20H,4,9-10,12H2,1-3H3. The molecule has 0 aliphatic heterocycles. The Labute approximate surface area is 121 Å². The third-order valence-corrected chi connectivity index (χ3v) is 3.83. The summed E-state index contributed by atoms with van der Waals surface area (Å²) in [5, 5.41) is 12.4. The largest absolute Gasteiger partial charge is 0.396 e. The molecule has 0 atom stereocenters. The van der Waals surface area contributed by atoms with E-state index in [4.69, 9.17) is 5.11 Å². The minimum atomic E-state index is 0.204. The average molecular weight is 272 g/mol. The Balaban J connectivity index is 2.01. The lowest BCUT2D eigenvalue weighted by Crippen LogP contribution is -2.03. The number of aromatic nitrogens is 1. The van der Waals surface area contributed by atoms with Crippen LogP contribution in [0, 0.1) is 13.8 Å². The fourth-order valence-corrected chi connectivity index (χ4v) is 2.65. The van der Waals surface area contributed by atoms with Crippen molar-refractivity contribution in [1.29, 1.82) is 0 Å². The summed E-state index contributed by atoms with van der Waals surface area (Å²) in [4.78, 5) is 0. The normalized spacial score (nSPS) is 10.8. The van der Waals surface area contributed by atoms with Crippen molar-refractivity contribution in [1.82, 2.24) is 4.57 Å². The molecule has 3 nitrogen and oxygen atoms in total. The lowest BCUT2D eigenvalue weighted by atomic mass is 10.1. The monoisotopic (exact) mass is 272 g/mol. The van der Waals surface area contributed by atoms with Gasteiger partial charge < -0.3 is 15.0 Å². The lowest BCUT2D eigenvalue weighted by molar-refractivity contribution is 0.299. The molecule has 0 amide bonds. The maximum atomic E-state index is 8.91. The molecular formula is C17H24N2O. The van der Waals surface area contributed by atoms with Crippen LogP contribution in [0.2, 0.25) is 0 Å². The molecule has 0 saturated heterocycles. The highest BCUT2D eigenvalue weighted by molar-refractivity contribution is 5.45. The second kappa shape index (κ2) is 6.62. The topological polar surface area (TPSA) is 37.2 Å². The number of rotatable bonds is 6. The Morgan fingerprint density at radius 1 is 1.15 bits per heavy atom. The van der Waals surface area contributed by atoms with Gasteiger partial charge in [0.05, 0.1) is 0 Å². The van der Waals surface area contributed by atoms with Gasteiger partial charge in [-0.05, 0) is 56.5 Å². The van der Waals surface area contributed by atoms with Crippen molar-refractivity contribution in [3.8, 4) is 0 Å². The third-order valence-electron chi connectivity index (χ3n) is 3.83. The molecule has 1 aromatic carbocycles. The second-order valence-electron chi connectivity index (χ2n) is 5.16. The summed E-state index contributed by atoms with van der Waals surface area (Å²) >= 11 is 0. The number of nitrogens with zero attached hydrogens (tertiary/aromatic N) is 1. The van der Waals surface area contributed by atoms with Crippen molar-refractivity contribution in [3.05, 3.63) is 52.8 Å². The van der Waals surface area contributed by atoms with Crippen LogP contribution in [0.3, 0.4) is 0 Å². The number of nitrogens with one attached hydrogen (secondary N) is 1. The van der Waals surface area contributed by atoms with Crippen molar-refractivity contribution in [2.24, 2.45) is 0 Å². The summed E-state index contributed by atoms with van der Waals surface area (Å²) in [7, 11) is 0. The number of hydrogen-bond donors (Lipinski definition) is 2. The maximum Gasteiger partial charge on any atom is 0.0471 e. The van der Waals surface area contributed by atoms with Crippen LogP contribution < -0.4 is 5.32 Å². The maximum absolute atomic E-state index is 8.91. The summed E-state index contributed by atoms with van der Waals surface area (Å²) in [5.41, 5.74) is 6.30. The molecule has 1 aromatic heterocycles. The number of hydrogen-bond acceptors (Lipinski definition) is 2. The van der Waals surface area contributed by atoms with E-state index in [1.165, 1.54) is 22.5 Å². The summed E-state index contributed by atoms with van der Waals surface area (Å²) in [6.45, 7) is 8.58. The molecule has 0 aliphatic rings. The van der Waals surface area contributed by atoms with E-state index in [0.29, 0.717) is 0 Å². The molecule has 2 aromatic rings. The van der Waals surface area contributed by atoms with Gasteiger partial charge in [-0.1, -0.05) is 12.1 Å². The van der Waals surface area contributed by atoms with Crippen LogP contribution in [0.5, 0.6) is 0 Å². The van der Waals surface area contributed by atoms with Gasteiger partial charge in [-0.25, -0.2) is 0 Å². The Bertz CT molecular complexity index is 555. The number of anilines is 1. The van der Waals surface area contributed by atoms with Crippen molar-refractivity contribution in [2.45, 2.75) is 40.3 Å². The molecule has 0 aliphatic carbocycles. The van der Waals surface area contributed by atoms with Gasteiger partial charge in [0.25, 0.3) is 0 Å². The number of benzene rings is 1. The molecule has 20 heavy (non-hydrogen) atoms. The fraction of sp³-hybridized carbons (Fsp3) is 0.412. The van der Waals surface area contributed by atoms with Gasteiger partial charge in [0.1, 0.15) is 0 Å². The molecule has 0 saturated carbocycles. The van der Waals surface area contributed by atoms with Gasteiger partial charge in [0.2, 0.25) is 0 Å². The van der Waals surface area contributed by atoms with Crippen LogP contribution in [0.15, 0.2) is 30.3 Å². The molecule has 1 heterocycles. The summed E-state index contributed by atoms with van der Waals surface area (Å²) in [6, 6.07) is 10.5. The Morgan fingerprint density at radius 2 is 1.85 bits per heavy atom. The van der Waals surface area contributed by atoms with Gasteiger partial charge in [-0.15, -0.1) is 0 Å². The first kappa shape index (κ1) is 14.7. The van der Waals surface area contributed by atoms with E-state index in [1.54, 1.807) is 0 Å². The molecule has 0 unspecified atom stereocenters. The summed E-state index contributed by atoms with van der Waals surface area (Å²) in [5.74, 6) is 0. The van der Waals surface area contributed by atoms with Gasteiger partial charge in [0.15, 0.2) is 0 Å². The van der Waals surface area contributed by atoms with E-state index in [2.05, 4.69) is 61.0 Å². The van der Waals surface area contributed by atoms with E-state index < -0.39 is 0 Å². The quantitative estimate of drug-likeness (QED) is 0.847. The smallest absolute Gasteiger partial charge is 0.0471 e. The van der Waals surface area contributed by atoms with E-state index in [9.17, 15) is 0 Å². The Hall–Kier alpha value is -1.74. The minimum Gasteiger partial charge on any atom is -0.396 e. The van der Waals surface area contributed by atoms with E-state index in [-0.39, 0.29) is 6.61 Å². The first-order chi connectivity index (χ1) is 9.65. The molecule has 2 rings (SSSR count). The van der Waals surface area contributed by atoms with Crippen LogP contribution in [-0.4, -0.2) is 16.3 Å². The average Bonchev–Trinajstić information content (AvgIpc) is 2.72. The molecule has 0 spiro atoms. The van der Waals surface area contributed by atoms with Gasteiger partial charge in [0, 0.05) is 36.8 Å². The zero-order chi connectivity index (χ0) is 14.5. The SMILES string of the molecule is CCn1c(C)cc(CNc2ccc(CCO)cc2)c1C. The number of aliphatic hydroxyl groups is 1. The third kappa shape index (κ3) is 3.23. The molecule has 2 N–H and O–H groups in total. The summed E-state index contributed by atoms with van der Waals surface area (Å²) < 4.78 is 2.33. The van der Waals surface area contributed by atoms with E-state index in [1.807, 2.05) is 0 Å². The van der Waals surface area contributed by atoms with Gasteiger partial charge >= 0.3 is 0 Å². The number of aryl methyl sites for hydroxylation is 1. The van der Waals surface area contributed by atoms with Crippen molar-refractivity contribution in [3.63, 3.8) is 0 Å². The van der Waals surface area contributed by atoms with Crippen LogP contribution in [0.4, 0.5) is 5.69 Å². The molecule has 0 radical (unpaired) electrons. The predicted molar refractivity (Wildman–Crippen MR) is 84.1 cm³/mol. The highest BCUT2D eigenvalue weighted by Gasteiger charge is 2.07. The Kier molecular flexibility index (Phi) is 4.85. The van der Waals surface area contributed by atoms with Gasteiger partial charge in [-0.2, -0.15) is 0 Å². The van der Waals surface area contributed by atoms with Crippen molar-refractivity contribution in [2.75, 3.05) is 11.9 Å². The van der Waals surface area contributed by atoms with E-state index >= 15 is 0 Å². The second-order valence-corrected chi connectivity index (χ2v) is 5.16. The zero-order valence-corrected chi connectivity index (χ0v) is 12.6. The lowest BCUT2D eigenvalue weighted by Gasteiger charge is -2.09. The highest BCUT2D eigenvalue weighted by Crippen LogP contribution is 2.17. The fourth-order valence-electron chi connectivity index (χ4n) is 2.65. The van der Waals surface area contributed by atoms with Crippen LogP contribution in [-0.2, 0) is 19.5 Å². The predicted octanol–water partition coefficient (Wildman–Crippen LogP) is 3.27. The van der Waals surface area contributed by atoms with Crippen molar-refractivity contribution < 1.29 is 5.11 Å². The van der Waals surface area contributed by atoms with Crippen LogP contribution in [0.25, 0.3) is 0 Å². The van der Waals surface area contributed by atoms with Crippen LogP contribution in [0.1, 0.15) is 29.4 Å².